The Morgan fingerprint density at radius 1 is 1.27 bits per heavy atom. The summed E-state index contributed by atoms with van der Waals surface area (Å²) < 4.78 is 22.2. The highest BCUT2D eigenvalue weighted by Gasteiger charge is 2.11. The zero-order valence-electron chi connectivity index (χ0n) is 6.27. The molecule has 0 saturated heterocycles. The van der Waals surface area contributed by atoms with Crippen LogP contribution in [-0.2, 0) is 0 Å². The van der Waals surface area contributed by atoms with E-state index in [2.05, 4.69) is 4.42 Å². The zero-order chi connectivity index (χ0) is 8.01. The fourth-order valence-corrected chi connectivity index (χ4v) is 1.09. The molecule has 0 unspecified atom stereocenters. The summed E-state index contributed by atoms with van der Waals surface area (Å²) in [6.07, 6.45) is 0. The predicted octanol–water partition coefficient (Wildman–Crippen LogP) is 2.78. The molecular weight excluding hydrogens is 147 g/mol. The van der Waals surface area contributed by atoms with Crippen LogP contribution >= 0.6 is 0 Å². The SMILES string of the molecule is Cc1oc2oc(F)cc2c1C. The number of fused-ring (bicyclic) bond motifs is 1. The van der Waals surface area contributed by atoms with Crippen molar-refractivity contribution in [3.63, 3.8) is 0 Å². The largest absolute Gasteiger partial charge is 0.430 e. The quantitative estimate of drug-likeness (QED) is 0.583. The van der Waals surface area contributed by atoms with Gasteiger partial charge in [-0.15, -0.1) is 0 Å². The van der Waals surface area contributed by atoms with Crippen molar-refractivity contribution in [3.8, 4) is 0 Å². The summed E-state index contributed by atoms with van der Waals surface area (Å²) in [5.41, 5.74) is 0.938. The van der Waals surface area contributed by atoms with E-state index in [0.29, 0.717) is 0 Å². The maximum Gasteiger partial charge on any atom is 0.300 e. The summed E-state index contributed by atoms with van der Waals surface area (Å²) in [6, 6.07) is 0.739. The third-order valence-electron chi connectivity index (χ3n) is 1.85. The van der Waals surface area contributed by atoms with E-state index in [1.54, 1.807) is 0 Å². The molecule has 0 aliphatic rings. The van der Waals surface area contributed by atoms with Crippen molar-refractivity contribution in [2.45, 2.75) is 13.8 Å². The number of furan rings is 2. The van der Waals surface area contributed by atoms with Gasteiger partial charge in [0.05, 0.1) is 5.39 Å². The van der Waals surface area contributed by atoms with Gasteiger partial charge >= 0.3 is 0 Å². The second-order valence-corrected chi connectivity index (χ2v) is 2.53. The highest BCUT2D eigenvalue weighted by Crippen LogP contribution is 2.26. The van der Waals surface area contributed by atoms with Crippen LogP contribution in [0.3, 0.4) is 0 Å². The molecule has 0 radical (unpaired) electrons. The van der Waals surface area contributed by atoms with E-state index in [1.807, 2.05) is 13.8 Å². The van der Waals surface area contributed by atoms with E-state index in [-0.39, 0.29) is 5.78 Å². The normalized spacial score (nSPS) is 11.2. The summed E-state index contributed by atoms with van der Waals surface area (Å²) in [7, 11) is 0. The lowest BCUT2D eigenvalue weighted by molar-refractivity contribution is 0.342. The molecule has 0 saturated carbocycles. The molecule has 2 heterocycles. The number of aryl methyl sites for hydroxylation is 2. The minimum absolute atomic E-state index is 0.275. The van der Waals surface area contributed by atoms with Crippen LogP contribution in [0.25, 0.3) is 11.2 Å². The van der Waals surface area contributed by atoms with E-state index in [1.165, 1.54) is 6.07 Å². The van der Waals surface area contributed by atoms with Crippen LogP contribution in [0.2, 0.25) is 0 Å². The Morgan fingerprint density at radius 2 is 2.00 bits per heavy atom. The van der Waals surface area contributed by atoms with E-state index in [4.69, 9.17) is 4.42 Å². The molecule has 3 heteroatoms. The highest BCUT2D eigenvalue weighted by molar-refractivity contribution is 5.77. The van der Waals surface area contributed by atoms with E-state index in [0.717, 1.165) is 16.7 Å². The maximum atomic E-state index is 12.4. The van der Waals surface area contributed by atoms with Gasteiger partial charge in [-0.3, -0.25) is 0 Å². The van der Waals surface area contributed by atoms with Gasteiger partial charge < -0.3 is 8.83 Å². The van der Waals surface area contributed by atoms with E-state index >= 15 is 0 Å². The summed E-state index contributed by atoms with van der Waals surface area (Å²) in [5.74, 6) is 1.05. The molecule has 2 aromatic rings. The summed E-state index contributed by atoms with van der Waals surface area (Å²) >= 11 is 0. The average molecular weight is 154 g/mol. The molecular formula is C8H7FO2. The van der Waals surface area contributed by atoms with Crippen molar-refractivity contribution >= 4 is 11.2 Å². The first-order valence-corrected chi connectivity index (χ1v) is 3.33. The Kier molecular flexibility index (Phi) is 1.10. The van der Waals surface area contributed by atoms with E-state index in [9.17, 15) is 4.39 Å². The lowest BCUT2D eigenvalue weighted by Gasteiger charge is -1.82. The van der Waals surface area contributed by atoms with Crippen molar-refractivity contribution in [3.05, 3.63) is 23.4 Å². The van der Waals surface area contributed by atoms with Crippen molar-refractivity contribution in [1.82, 2.24) is 0 Å². The Balaban J connectivity index is 2.88. The molecule has 0 N–H and O–H groups in total. The van der Waals surface area contributed by atoms with Crippen molar-refractivity contribution < 1.29 is 13.2 Å². The second-order valence-electron chi connectivity index (χ2n) is 2.53. The van der Waals surface area contributed by atoms with E-state index < -0.39 is 6.01 Å². The minimum Gasteiger partial charge on any atom is -0.430 e. The van der Waals surface area contributed by atoms with Crippen molar-refractivity contribution in [2.24, 2.45) is 0 Å². The Bertz CT molecular complexity index is 397. The first-order valence-electron chi connectivity index (χ1n) is 3.33. The van der Waals surface area contributed by atoms with Gasteiger partial charge in [-0.2, -0.15) is 4.39 Å². The summed E-state index contributed by atoms with van der Waals surface area (Å²) in [4.78, 5) is 0. The molecule has 2 rings (SSSR count). The van der Waals surface area contributed by atoms with Crippen LogP contribution in [0, 0.1) is 19.9 Å². The Morgan fingerprint density at radius 3 is 2.64 bits per heavy atom. The fourth-order valence-electron chi connectivity index (χ4n) is 1.09. The van der Waals surface area contributed by atoms with Gasteiger partial charge in [0.2, 0.25) is 0 Å². The lowest BCUT2D eigenvalue weighted by atomic mass is 10.2. The standard InChI is InChI=1S/C8H7FO2/c1-4-5(2)10-8-6(4)3-7(9)11-8/h3H,1-2H3. The lowest BCUT2D eigenvalue weighted by Crippen LogP contribution is -1.68. The molecule has 0 atom stereocenters. The van der Waals surface area contributed by atoms with Crippen LogP contribution in [0.15, 0.2) is 14.9 Å². The van der Waals surface area contributed by atoms with Gasteiger partial charge in [-0.25, -0.2) is 0 Å². The maximum absolute atomic E-state index is 12.4. The molecule has 58 valence electrons. The molecule has 0 bridgehead atoms. The molecule has 0 fully saturated rings. The van der Waals surface area contributed by atoms with Gasteiger partial charge in [-0.1, -0.05) is 0 Å². The van der Waals surface area contributed by atoms with Crippen molar-refractivity contribution in [2.75, 3.05) is 0 Å². The Hall–Kier alpha value is -1.25. The molecule has 0 amide bonds. The van der Waals surface area contributed by atoms with Gasteiger partial charge in [0.15, 0.2) is 0 Å². The summed E-state index contributed by atoms with van der Waals surface area (Å²) in [6.45, 7) is 3.69. The fraction of sp³-hybridized carbons (Fsp3) is 0.250. The highest BCUT2D eigenvalue weighted by atomic mass is 19.1. The van der Waals surface area contributed by atoms with Crippen molar-refractivity contribution in [1.29, 1.82) is 0 Å². The molecule has 0 spiro atoms. The molecule has 11 heavy (non-hydrogen) atoms. The Labute approximate surface area is 62.6 Å². The topological polar surface area (TPSA) is 26.3 Å². The van der Waals surface area contributed by atoms with Gasteiger partial charge in [0.25, 0.3) is 11.8 Å². The van der Waals surface area contributed by atoms with Crippen LogP contribution in [-0.4, -0.2) is 0 Å². The van der Waals surface area contributed by atoms with Gasteiger partial charge in [0.1, 0.15) is 5.76 Å². The second kappa shape index (κ2) is 1.87. The van der Waals surface area contributed by atoms with Crippen LogP contribution in [0.5, 0.6) is 0 Å². The number of rotatable bonds is 0. The third-order valence-corrected chi connectivity index (χ3v) is 1.85. The van der Waals surface area contributed by atoms with Crippen LogP contribution < -0.4 is 0 Å². The van der Waals surface area contributed by atoms with Crippen LogP contribution in [0.1, 0.15) is 11.3 Å². The minimum atomic E-state index is -0.596. The molecule has 0 aliphatic carbocycles. The van der Waals surface area contributed by atoms with Gasteiger partial charge in [-0.05, 0) is 13.8 Å². The average Bonchev–Trinajstić information content (AvgIpc) is 2.37. The van der Waals surface area contributed by atoms with Gasteiger partial charge in [0, 0.05) is 11.6 Å². The van der Waals surface area contributed by atoms with Crippen LogP contribution in [0.4, 0.5) is 4.39 Å². The number of hydrogen-bond acceptors (Lipinski definition) is 2. The smallest absolute Gasteiger partial charge is 0.300 e. The molecule has 2 nitrogen and oxygen atoms in total. The molecule has 0 aliphatic heterocycles. The molecule has 0 aromatic carbocycles. The third kappa shape index (κ3) is 0.770. The first kappa shape index (κ1) is 6.46. The monoisotopic (exact) mass is 154 g/mol. The first-order chi connectivity index (χ1) is 5.18. The zero-order valence-corrected chi connectivity index (χ0v) is 6.27. The number of halogens is 1. The predicted molar refractivity (Wildman–Crippen MR) is 37.9 cm³/mol. The summed E-state index contributed by atoms with van der Waals surface area (Å²) in [5, 5.41) is 0.722. The molecule has 2 aromatic heterocycles. The number of hydrogen-bond donors (Lipinski definition) is 0.